The molecule has 0 aromatic heterocycles. The first kappa shape index (κ1) is 18.2. The molecule has 132 valence electrons. The summed E-state index contributed by atoms with van der Waals surface area (Å²) < 4.78 is 5.24. The van der Waals surface area contributed by atoms with Crippen LogP contribution in [0, 0.1) is 0 Å². The van der Waals surface area contributed by atoms with Crippen molar-refractivity contribution >= 4 is 29.3 Å². The first-order valence-electron chi connectivity index (χ1n) is 8.63. The minimum Gasteiger partial charge on any atom is -0.445 e. The molecule has 0 aliphatic rings. The van der Waals surface area contributed by atoms with Crippen LogP contribution in [0.15, 0.2) is 91.0 Å². The molecule has 0 radical (unpaired) electrons. The number of carbonyl (C=O) groups excluding carboxylic acids is 1. The summed E-state index contributed by atoms with van der Waals surface area (Å²) in [5.41, 5.74) is 5.34. The van der Waals surface area contributed by atoms with Crippen LogP contribution in [0.1, 0.15) is 6.92 Å². The standard InChI is InChI=1S/C22H22NO2P/c1-18(17-25-22(23)24)26(19-11-5-2-6-12-19,20-13-7-3-8-14-20)21-15-9-4-10-16-21/h2-16,18H,17H2,1H3,(H-,23,24)/p+1. The maximum atomic E-state index is 11.3. The van der Waals surface area contributed by atoms with Gasteiger partial charge in [-0.3, -0.25) is 0 Å². The highest BCUT2D eigenvalue weighted by Gasteiger charge is 2.50. The highest BCUT2D eigenvalue weighted by Crippen LogP contribution is 2.59. The van der Waals surface area contributed by atoms with Crippen molar-refractivity contribution in [2.75, 3.05) is 6.61 Å². The summed E-state index contributed by atoms with van der Waals surface area (Å²) in [6.45, 7) is 2.42. The Morgan fingerprint density at radius 2 is 1.15 bits per heavy atom. The molecule has 3 nitrogen and oxygen atoms in total. The Balaban J connectivity index is 2.26. The van der Waals surface area contributed by atoms with Crippen LogP contribution in [0.3, 0.4) is 0 Å². The number of ether oxygens (including phenoxy) is 1. The summed E-state index contributed by atoms with van der Waals surface area (Å²) in [5.74, 6) is 0. The van der Waals surface area contributed by atoms with E-state index in [0.29, 0.717) is 0 Å². The lowest BCUT2D eigenvalue weighted by atomic mass is 10.3. The summed E-state index contributed by atoms with van der Waals surface area (Å²) in [7, 11) is -2.03. The van der Waals surface area contributed by atoms with Crippen LogP contribution in [0.5, 0.6) is 0 Å². The van der Waals surface area contributed by atoms with Gasteiger partial charge in [-0.25, -0.2) is 4.79 Å². The highest BCUT2D eigenvalue weighted by atomic mass is 31.2. The highest BCUT2D eigenvalue weighted by molar-refractivity contribution is 7.96. The van der Waals surface area contributed by atoms with Gasteiger partial charge in [0.1, 0.15) is 35.4 Å². The minimum absolute atomic E-state index is 0.0854. The molecule has 2 N–H and O–H groups in total. The lowest BCUT2D eigenvalue weighted by Crippen LogP contribution is -2.40. The molecule has 0 aliphatic heterocycles. The first-order chi connectivity index (χ1) is 12.7. The van der Waals surface area contributed by atoms with Gasteiger partial charge in [0, 0.05) is 0 Å². The third-order valence-corrected chi connectivity index (χ3v) is 9.43. The maximum absolute atomic E-state index is 11.3. The van der Waals surface area contributed by atoms with Crippen LogP contribution < -0.4 is 21.6 Å². The smallest absolute Gasteiger partial charge is 0.404 e. The summed E-state index contributed by atoms with van der Waals surface area (Å²) in [6, 6.07) is 31.5. The Kier molecular flexibility index (Phi) is 5.70. The molecule has 4 heteroatoms. The molecular weight excluding hydrogens is 341 g/mol. The molecular formula is C22H23NO2P+. The molecule has 3 rings (SSSR count). The van der Waals surface area contributed by atoms with E-state index in [2.05, 4.69) is 79.7 Å². The number of rotatable bonds is 6. The van der Waals surface area contributed by atoms with Crippen LogP contribution >= 0.6 is 7.26 Å². The molecule has 0 heterocycles. The number of carbonyl (C=O) groups is 1. The van der Waals surface area contributed by atoms with E-state index >= 15 is 0 Å². The Morgan fingerprint density at radius 1 is 0.808 bits per heavy atom. The van der Waals surface area contributed by atoms with Crippen molar-refractivity contribution in [2.24, 2.45) is 5.73 Å². The molecule has 0 saturated carbocycles. The molecule has 1 unspecified atom stereocenters. The van der Waals surface area contributed by atoms with E-state index < -0.39 is 13.4 Å². The van der Waals surface area contributed by atoms with Gasteiger partial charge in [-0.1, -0.05) is 54.6 Å². The maximum Gasteiger partial charge on any atom is 0.404 e. The molecule has 0 saturated heterocycles. The monoisotopic (exact) mass is 364 g/mol. The van der Waals surface area contributed by atoms with E-state index in [0.717, 1.165) is 0 Å². The van der Waals surface area contributed by atoms with Gasteiger partial charge in [-0.05, 0) is 43.3 Å². The van der Waals surface area contributed by atoms with Crippen LogP contribution in [-0.4, -0.2) is 18.4 Å². The minimum atomic E-state index is -2.03. The molecule has 1 amide bonds. The summed E-state index contributed by atoms with van der Waals surface area (Å²) in [4.78, 5) is 11.3. The third-order valence-electron chi connectivity index (χ3n) is 4.62. The Labute approximate surface area is 155 Å². The van der Waals surface area contributed by atoms with Crippen molar-refractivity contribution in [3.8, 4) is 0 Å². The fraction of sp³-hybridized carbons (Fsp3) is 0.136. The number of benzene rings is 3. The largest absolute Gasteiger partial charge is 0.445 e. The van der Waals surface area contributed by atoms with Crippen molar-refractivity contribution in [1.82, 2.24) is 0 Å². The van der Waals surface area contributed by atoms with Crippen LogP contribution in [-0.2, 0) is 4.74 Å². The molecule has 1 atom stereocenters. The van der Waals surface area contributed by atoms with Gasteiger partial charge in [0.25, 0.3) is 0 Å². The van der Waals surface area contributed by atoms with Crippen molar-refractivity contribution in [1.29, 1.82) is 0 Å². The van der Waals surface area contributed by atoms with E-state index in [4.69, 9.17) is 10.5 Å². The average molecular weight is 364 g/mol. The number of nitrogens with two attached hydrogens (primary N) is 1. The van der Waals surface area contributed by atoms with Crippen molar-refractivity contribution in [3.63, 3.8) is 0 Å². The van der Waals surface area contributed by atoms with E-state index in [1.165, 1.54) is 15.9 Å². The third kappa shape index (κ3) is 3.49. The van der Waals surface area contributed by atoms with Gasteiger partial charge in [0.05, 0.1) is 0 Å². The zero-order valence-electron chi connectivity index (χ0n) is 14.8. The predicted molar refractivity (Wildman–Crippen MR) is 110 cm³/mol. The van der Waals surface area contributed by atoms with Gasteiger partial charge in [-0.15, -0.1) is 0 Å². The zero-order chi connectivity index (χ0) is 18.4. The molecule has 3 aromatic rings. The zero-order valence-corrected chi connectivity index (χ0v) is 15.7. The fourth-order valence-electron chi connectivity index (χ4n) is 3.51. The van der Waals surface area contributed by atoms with Gasteiger partial charge in [0.15, 0.2) is 0 Å². The second-order valence-electron chi connectivity index (χ2n) is 6.21. The Hall–Kier alpha value is -2.64. The van der Waals surface area contributed by atoms with E-state index in [1.807, 2.05) is 18.2 Å². The lowest BCUT2D eigenvalue weighted by Gasteiger charge is -2.32. The predicted octanol–water partition coefficient (Wildman–Crippen LogP) is 3.46. The SMILES string of the molecule is CC(COC(N)=O)[P+](c1ccccc1)(c1ccccc1)c1ccccc1. The number of primary amides is 1. The van der Waals surface area contributed by atoms with Crippen molar-refractivity contribution in [2.45, 2.75) is 12.6 Å². The van der Waals surface area contributed by atoms with Gasteiger partial charge >= 0.3 is 6.09 Å². The van der Waals surface area contributed by atoms with Gasteiger partial charge in [-0.2, -0.15) is 0 Å². The van der Waals surface area contributed by atoms with Crippen LogP contribution in [0.4, 0.5) is 4.79 Å². The molecule has 0 spiro atoms. The lowest BCUT2D eigenvalue weighted by molar-refractivity contribution is 0.158. The normalized spacial score (nSPS) is 12.3. The molecule has 0 fully saturated rings. The summed E-state index contributed by atoms with van der Waals surface area (Å²) in [6.07, 6.45) is -0.732. The van der Waals surface area contributed by atoms with Crippen molar-refractivity contribution < 1.29 is 9.53 Å². The van der Waals surface area contributed by atoms with Gasteiger partial charge in [0.2, 0.25) is 0 Å². The molecule has 26 heavy (non-hydrogen) atoms. The molecule has 0 aliphatic carbocycles. The number of hydrogen-bond donors (Lipinski definition) is 1. The van der Waals surface area contributed by atoms with E-state index in [9.17, 15) is 4.79 Å². The molecule has 0 bridgehead atoms. The second-order valence-corrected chi connectivity index (χ2v) is 10.1. The Bertz CT molecular complexity index is 741. The number of amides is 1. The summed E-state index contributed by atoms with van der Waals surface area (Å²) >= 11 is 0. The number of hydrogen-bond acceptors (Lipinski definition) is 2. The average Bonchev–Trinajstić information content (AvgIpc) is 2.69. The second kappa shape index (κ2) is 8.16. The quantitative estimate of drug-likeness (QED) is 0.681. The van der Waals surface area contributed by atoms with Crippen LogP contribution in [0.25, 0.3) is 0 Å². The van der Waals surface area contributed by atoms with Crippen molar-refractivity contribution in [3.05, 3.63) is 91.0 Å². The van der Waals surface area contributed by atoms with E-state index in [1.54, 1.807) is 0 Å². The topological polar surface area (TPSA) is 52.3 Å². The summed E-state index contributed by atoms with van der Waals surface area (Å²) in [5, 5.41) is 3.79. The van der Waals surface area contributed by atoms with Gasteiger partial charge < -0.3 is 10.5 Å². The van der Waals surface area contributed by atoms with E-state index in [-0.39, 0.29) is 12.3 Å². The Morgan fingerprint density at radius 3 is 1.46 bits per heavy atom. The first-order valence-corrected chi connectivity index (χ1v) is 10.5. The van der Waals surface area contributed by atoms with Crippen LogP contribution in [0.2, 0.25) is 0 Å². The fourth-order valence-corrected chi connectivity index (χ4v) is 8.16. The molecule has 3 aromatic carbocycles.